The van der Waals surface area contributed by atoms with Crippen molar-refractivity contribution >= 4 is 63.3 Å². The third-order valence-electron chi connectivity index (χ3n) is 2.82. The van der Waals surface area contributed by atoms with Gasteiger partial charge in [0, 0.05) is 30.0 Å². The van der Waals surface area contributed by atoms with Crippen LogP contribution >= 0.6 is 44.7 Å². The Balaban J connectivity index is 0.000000203. The molecule has 4 rings (SSSR count). The molecule has 0 fully saturated rings. The van der Waals surface area contributed by atoms with Crippen LogP contribution in [0, 0.1) is 0 Å². The molecule has 4 aromatic heterocycles. The van der Waals surface area contributed by atoms with Gasteiger partial charge in [0.05, 0.1) is 22.8 Å². The van der Waals surface area contributed by atoms with Gasteiger partial charge in [0.15, 0.2) is 0 Å². The molecule has 0 aromatic carbocycles. The van der Waals surface area contributed by atoms with Crippen LogP contribution in [-0.4, -0.2) is 26.4 Å². The van der Waals surface area contributed by atoms with Crippen molar-refractivity contribution in [1.29, 1.82) is 0 Å². The number of nitrogens with zero attached hydrogens (tertiary/aromatic N) is 5. The summed E-state index contributed by atoms with van der Waals surface area (Å²) in [5.74, 6) is 0. The van der Waals surface area contributed by atoms with Gasteiger partial charge in [0.2, 0.25) is 0 Å². The number of thiol groups is 1. The van der Waals surface area contributed by atoms with Crippen LogP contribution in [-0.2, 0) is 0 Å². The van der Waals surface area contributed by atoms with Gasteiger partial charge in [0.1, 0.15) is 0 Å². The second-order valence-corrected chi connectivity index (χ2v) is 6.08. The van der Waals surface area contributed by atoms with E-state index in [2.05, 4.69) is 66.6 Å². The van der Waals surface area contributed by atoms with Crippen molar-refractivity contribution in [2.45, 2.75) is 13.8 Å². The minimum Gasteiger partial charge on any atom is -0.308 e. The van der Waals surface area contributed by atoms with Gasteiger partial charge in [-0.2, -0.15) is 0 Å². The quantitative estimate of drug-likeness (QED) is 0.269. The van der Waals surface area contributed by atoms with Gasteiger partial charge in [-0.1, -0.05) is 13.8 Å². The Kier molecular flexibility index (Phi) is 9.54. The van der Waals surface area contributed by atoms with E-state index < -0.39 is 0 Å². The fourth-order valence-electron chi connectivity index (χ4n) is 1.86. The normalized spacial score (nSPS) is 9.64. The fourth-order valence-corrected chi connectivity index (χ4v) is 3.22. The molecule has 0 amide bonds. The maximum absolute atomic E-state index is 6.21. The molecular weight excluding hydrogens is 465 g/mol. The second-order valence-electron chi connectivity index (χ2n) is 4.19. The zero-order valence-electron chi connectivity index (χ0n) is 14.5. The molecule has 4 aromatic rings. The van der Waals surface area contributed by atoms with E-state index in [4.69, 9.17) is 1.37 Å². The maximum Gasteiger partial charge on any atom is 0.0990 e. The summed E-state index contributed by atoms with van der Waals surface area (Å²) in [6.07, 6.45) is 9.09. The van der Waals surface area contributed by atoms with E-state index in [1.54, 1.807) is 32.0 Å². The van der Waals surface area contributed by atoms with Gasteiger partial charge in [0.25, 0.3) is 0 Å². The summed E-state index contributed by atoms with van der Waals surface area (Å²) in [7, 11) is 4.34. The zero-order chi connectivity index (χ0) is 19.4. The van der Waals surface area contributed by atoms with Crippen LogP contribution in [0.3, 0.4) is 0 Å². The molecular formula is C16H17BBr2N5S. The molecule has 9 heteroatoms. The number of hydrogen-bond acceptors (Lipinski definition) is 4. The molecule has 0 bridgehead atoms. The third-order valence-corrected chi connectivity index (χ3v) is 4.06. The molecule has 5 nitrogen and oxygen atoms in total. The van der Waals surface area contributed by atoms with Crippen LogP contribution in [0.15, 0.2) is 75.0 Å². The largest absolute Gasteiger partial charge is 0.308 e. The Hall–Kier alpha value is -1.45. The smallest absolute Gasteiger partial charge is 0.0990 e. The molecule has 0 unspecified atom stereocenters. The summed E-state index contributed by atoms with van der Waals surface area (Å²) in [6, 6.07) is 9.96. The van der Waals surface area contributed by atoms with Crippen molar-refractivity contribution in [3.8, 4) is 0 Å². The Bertz CT molecular complexity index is 865. The summed E-state index contributed by atoms with van der Waals surface area (Å²) in [5.41, 5.74) is 2.30. The predicted molar refractivity (Wildman–Crippen MR) is 114 cm³/mol. The molecule has 0 spiro atoms. The first kappa shape index (κ1) is 19.9. The Morgan fingerprint density at radius 3 is 2.48 bits per heavy atom. The number of halogens is 2. The van der Waals surface area contributed by atoms with Crippen molar-refractivity contribution in [1.82, 2.24) is 18.8 Å². The van der Waals surface area contributed by atoms with Gasteiger partial charge < -0.3 is 4.40 Å². The average Bonchev–Trinajstić information content (AvgIpc) is 3.22. The molecule has 0 saturated carbocycles. The minimum absolute atomic E-state index is 0.500. The summed E-state index contributed by atoms with van der Waals surface area (Å²) < 4.78 is 14.9. The number of hydrogen-bond donors (Lipinski definition) is 1. The first-order valence-electron chi connectivity index (χ1n) is 7.76. The Labute approximate surface area is 171 Å². The van der Waals surface area contributed by atoms with E-state index in [-0.39, 0.29) is 0 Å². The molecule has 0 aliphatic heterocycles. The van der Waals surface area contributed by atoms with Crippen LogP contribution < -0.4 is 0 Å². The summed E-state index contributed by atoms with van der Waals surface area (Å²) in [4.78, 5) is 7.95. The molecule has 4 heterocycles. The van der Waals surface area contributed by atoms with Crippen molar-refractivity contribution in [3.63, 3.8) is 0 Å². The van der Waals surface area contributed by atoms with Crippen molar-refractivity contribution in [3.05, 3.63) is 70.7 Å². The SMILES string of the molecule is Brc1cc(Br)n2cnccc12.[2H]CC.[B]=NS.c1cc2ccncn2c1. The molecule has 0 N–H and O–H groups in total. The average molecular weight is 483 g/mol. The van der Waals surface area contributed by atoms with Crippen molar-refractivity contribution < 1.29 is 1.37 Å². The standard InChI is InChI=1S/C7H4Br2N2.C7H6N2.C2H6.BHNS/c8-5-3-7(9)11-4-10-2-1-6(5)11;1-2-7-3-4-8-6-9(7)5-1;1-2;1-2-3/h1-4H;1-6H;1-2H3;3H/i;;1D;. The van der Waals surface area contributed by atoms with Gasteiger partial charge >= 0.3 is 24.8 Å². The monoisotopic (exact) mass is 481 g/mol. The van der Waals surface area contributed by atoms with E-state index in [0.29, 0.717) is 6.90 Å². The molecule has 0 atom stereocenters. The Morgan fingerprint density at radius 2 is 1.84 bits per heavy atom. The van der Waals surface area contributed by atoms with Crippen LogP contribution in [0.1, 0.15) is 15.2 Å². The number of fused-ring (bicyclic) bond motifs is 2. The van der Waals surface area contributed by atoms with Gasteiger partial charge in [-0.3, -0.25) is 4.40 Å². The molecule has 0 saturated heterocycles. The van der Waals surface area contributed by atoms with E-state index >= 15 is 0 Å². The zero-order valence-corrected chi connectivity index (χ0v) is 17.6. The second kappa shape index (κ2) is 12.0. The Morgan fingerprint density at radius 1 is 1.20 bits per heavy atom. The van der Waals surface area contributed by atoms with Crippen molar-refractivity contribution in [2.24, 2.45) is 4.30 Å². The van der Waals surface area contributed by atoms with Crippen LogP contribution in [0.4, 0.5) is 0 Å². The molecule has 129 valence electrons. The number of rotatable bonds is 0. The number of aromatic nitrogens is 4. The van der Waals surface area contributed by atoms with E-state index in [1.165, 1.54) is 5.52 Å². The van der Waals surface area contributed by atoms with Crippen LogP contribution in [0.25, 0.3) is 11.0 Å². The van der Waals surface area contributed by atoms with Gasteiger partial charge in [-0.15, -0.1) is 0 Å². The molecule has 0 aliphatic carbocycles. The van der Waals surface area contributed by atoms with E-state index in [0.717, 1.165) is 14.6 Å². The van der Waals surface area contributed by atoms with Crippen molar-refractivity contribution in [2.75, 3.05) is 0 Å². The van der Waals surface area contributed by atoms with Crippen LogP contribution in [0.2, 0.25) is 0 Å². The van der Waals surface area contributed by atoms with Gasteiger partial charge in [-0.25, -0.2) is 9.97 Å². The summed E-state index contributed by atoms with van der Waals surface area (Å²) in [6.45, 7) is 2.29. The maximum atomic E-state index is 6.21. The van der Waals surface area contributed by atoms with E-state index in [9.17, 15) is 0 Å². The fraction of sp³-hybridized carbons (Fsp3) is 0.125. The summed E-state index contributed by atoms with van der Waals surface area (Å²) >= 11 is 10.0. The predicted octanol–water partition coefficient (Wildman–Crippen LogP) is 5.40. The minimum atomic E-state index is 0.500. The molecule has 25 heavy (non-hydrogen) atoms. The van der Waals surface area contributed by atoms with Crippen LogP contribution in [0.5, 0.6) is 0 Å². The first-order chi connectivity index (χ1) is 12.6. The first-order valence-corrected chi connectivity index (χ1v) is 9.03. The van der Waals surface area contributed by atoms with Gasteiger partial charge in [-0.05, 0) is 62.2 Å². The topological polar surface area (TPSA) is 47.0 Å². The summed E-state index contributed by atoms with van der Waals surface area (Å²) in [5, 5.41) is 0. The molecule has 0 aliphatic rings. The third kappa shape index (κ3) is 6.41. The molecule has 1 radical (unpaired) electrons. The van der Waals surface area contributed by atoms with E-state index in [1.807, 2.05) is 45.3 Å².